The monoisotopic (exact) mass is 511 g/mol. The highest BCUT2D eigenvalue weighted by molar-refractivity contribution is 14.0. The Morgan fingerprint density at radius 3 is 2.90 bits per heavy atom. The van der Waals surface area contributed by atoms with Crippen molar-refractivity contribution in [1.82, 2.24) is 10.6 Å². The minimum absolute atomic E-state index is 0. The SMILES string of the molecule is CCNC(=NCC(O)c1cccc(OC)c1)NCCc1ccc2c(c1)CCO2.I. The highest BCUT2D eigenvalue weighted by Gasteiger charge is 2.12. The van der Waals surface area contributed by atoms with Crippen molar-refractivity contribution >= 4 is 29.9 Å². The third-order valence-electron chi connectivity index (χ3n) is 4.71. The summed E-state index contributed by atoms with van der Waals surface area (Å²) < 4.78 is 10.8. The molecule has 0 amide bonds. The summed E-state index contributed by atoms with van der Waals surface area (Å²) in [5, 5.41) is 17.0. The van der Waals surface area contributed by atoms with Gasteiger partial charge in [0.15, 0.2) is 5.96 Å². The van der Waals surface area contributed by atoms with E-state index in [2.05, 4.69) is 33.8 Å². The van der Waals surface area contributed by atoms with Crippen LogP contribution in [0.25, 0.3) is 0 Å². The number of hydrogen-bond donors (Lipinski definition) is 3. The maximum absolute atomic E-state index is 10.4. The highest BCUT2D eigenvalue weighted by Crippen LogP contribution is 2.25. The Hall–Kier alpha value is -2.00. The van der Waals surface area contributed by atoms with Crippen molar-refractivity contribution in [2.24, 2.45) is 4.99 Å². The summed E-state index contributed by atoms with van der Waals surface area (Å²) in [5.41, 5.74) is 3.36. The number of nitrogens with one attached hydrogen (secondary N) is 2. The molecule has 2 aromatic rings. The van der Waals surface area contributed by atoms with Gasteiger partial charge in [-0.05, 0) is 48.2 Å². The molecular formula is C22H30IN3O3. The maximum Gasteiger partial charge on any atom is 0.191 e. The third kappa shape index (κ3) is 6.78. The largest absolute Gasteiger partial charge is 0.497 e. The molecule has 158 valence electrons. The molecule has 3 N–H and O–H groups in total. The minimum Gasteiger partial charge on any atom is -0.497 e. The molecule has 0 aromatic heterocycles. The van der Waals surface area contributed by atoms with Gasteiger partial charge in [0.2, 0.25) is 0 Å². The summed E-state index contributed by atoms with van der Waals surface area (Å²) in [6.45, 7) is 4.61. The van der Waals surface area contributed by atoms with E-state index >= 15 is 0 Å². The molecule has 7 heteroatoms. The van der Waals surface area contributed by atoms with Gasteiger partial charge >= 0.3 is 0 Å². The van der Waals surface area contributed by atoms with Crippen LogP contribution >= 0.6 is 24.0 Å². The lowest BCUT2D eigenvalue weighted by atomic mass is 10.1. The Labute approximate surface area is 189 Å². The first-order chi connectivity index (χ1) is 13.7. The van der Waals surface area contributed by atoms with Gasteiger partial charge in [0.05, 0.1) is 26.4 Å². The van der Waals surface area contributed by atoms with Gasteiger partial charge in [-0.2, -0.15) is 0 Å². The number of ether oxygens (including phenoxy) is 2. The fourth-order valence-corrected chi connectivity index (χ4v) is 3.19. The Balaban J connectivity index is 0.00000300. The molecule has 1 aliphatic rings. The molecule has 0 spiro atoms. The average Bonchev–Trinajstić information content (AvgIpc) is 3.19. The van der Waals surface area contributed by atoms with Gasteiger partial charge in [-0.1, -0.05) is 24.3 Å². The van der Waals surface area contributed by atoms with Crippen molar-refractivity contribution in [2.75, 3.05) is 33.4 Å². The molecule has 0 aliphatic carbocycles. The van der Waals surface area contributed by atoms with Crippen LogP contribution in [0.4, 0.5) is 0 Å². The number of nitrogens with zero attached hydrogens (tertiary/aromatic N) is 1. The fourth-order valence-electron chi connectivity index (χ4n) is 3.19. The lowest BCUT2D eigenvalue weighted by Crippen LogP contribution is -2.38. The number of methoxy groups -OCH3 is 1. The van der Waals surface area contributed by atoms with Gasteiger partial charge in [0.1, 0.15) is 11.5 Å². The van der Waals surface area contributed by atoms with Gasteiger partial charge in [0, 0.05) is 19.5 Å². The molecule has 3 rings (SSSR count). The summed E-state index contributed by atoms with van der Waals surface area (Å²) in [6.07, 6.45) is 1.21. The van der Waals surface area contributed by atoms with E-state index in [1.165, 1.54) is 11.1 Å². The number of halogens is 1. The zero-order valence-corrected chi connectivity index (χ0v) is 19.3. The number of fused-ring (bicyclic) bond motifs is 1. The molecule has 0 saturated carbocycles. The van der Waals surface area contributed by atoms with E-state index in [9.17, 15) is 5.11 Å². The second kappa shape index (κ2) is 11.9. The van der Waals surface area contributed by atoms with E-state index in [1.54, 1.807) is 7.11 Å². The molecule has 1 unspecified atom stereocenters. The second-order valence-electron chi connectivity index (χ2n) is 6.73. The van der Waals surface area contributed by atoms with Crippen molar-refractivity contribution in [3.8, 4) is 11.5 Å². The maximum atomic E-state index is 10.4. The molecule has 0 bridgehead atoms. The fraction of sp³-hybridized carbons (Fsp3) is 0.409. The molecule has 0 saturated heterocycles. The van der Waals surface area contributed by atoms with Crippen LogP contribution in [0.3, 0.4) is 0 Å². The van der Waals surface area contributed by atoms with Crippen LogP contribution in [-0.2, 0) is 12.8 Å². The summed E-state index contributed by atoms with van der Waals surface area (Å²) in [7, 11) is 1.62. The molecule has 1 atom stereocenters. The van der Waals surface area contributed by atoms with Crippen molar-refractivity contribution in [2.45, 2.75) is 25.9 Å². The molecular weight excluding hydrogens is 481 g/mol. The first-order valence-corrected chi connectivity index (χ1v) is 9.78. The summed E-state index contributed by atoms with van der Waals surface area (Å²) in [5.74, 6) is 2.44. The number of guanidine groups is 1. The molecule has 0 fully saturated rings. The lowest BCUT2D eigenvalue weighted by Gasteiger charge is -2.14. The zero-order valence-electron chi connectivity index (χ0n) is 17.0. The smallest absolute Gasteiger partial charge is 0.191 e. The normalized spacial score (nSPS) is 13.7. The summed E-state index contributed by atoms with van der Waals surface area (Å²) in [6, 6.07) is 13.8. The van der Waals surface area contributed by atoms with E-state index in [4.69, 9.17) is 9.47 Å². The van der Waals surface area contributed by atoms with E-state index in [0.717, 1.165) is 49.6 Å². The molecule has 0 radical (unpaired) electrons. The third-order valence-corrected chi connectivity index (χ3v) is 4.71. The van der Waals surface area contributed by atoms with Gasteiger partial charge in [-0.15, -0.1) is 24.0 Å². The molecule has 29 heavy (non-hydrogen) atoms. The highest BCUT2D eigenvalue weighted by atomic mass is 127. The number of hydrogen-bond acceptors (Lipinski definition) is 4. The van der Waals surface area contributed by atoms with Crippen LogP contribution < -0.4 is 20.1 Å². The average molecular weight is 511 g/mol. The minimum atomic E-state index is -0.678. The lowest BCUT2D eigenvalue weighted by molar-refractivity contribution is 0.186. The van der Waals surface area contributed by atoms with E-state index < -0.39 is 6.10 Å². The van der Waals surface area contributed by atoms with Crippen LogP contribution in [0.1, 0.15) is 29.7 Å². The molecule has 6 nitrogen and oxygen atoms in total. The number of aliphatic hydroxyl groups is 1. The van der Waals surface area contributed by atoms with Crippen molar-refractivity contribution < 1.29 is 14.6 Å². The first kappa shape index (κ1) is 23.3. The standard InChI is InChI=1S/C22H29N3O3.HI/c1-3-23-22(25-15-20(26)17-5-4-6-19(14-17)27-2)24-11-9-16-7-8-21-18(13-16)10-12-28-21;/h4-8,13-14,20,26H,3,9-12,15H2,1-2H3,(H2,23,24,25);1H. The molecule has 1 heterocycles. The molecule has 1 aliphatic heterocycles. The van der Waals surface area contributed by atoms with Gasteiger partial charge in [-0.25, -0.2) is 0 Å². The number of benzene rings is 2. The van der Waals surface area contributed by atoms with E-state index in [0.29, 0.717) is 5.96 Å². The Kier molecular flexibility index (Phi) is 9.53. The van der Waals surface area contributed by atoms with Crippen molar-refractivity contribution in [1.29, 1.82) is 0 Å². The zero-order chi connectivity index (χ0) is 19.8. The second-order valence-corrected chi connectivity index (χ2v) is 6.73. The first-order valence-electron chi connectivity index (χ1n) is 9.78. The van der Waals surface area contributed by atoms with Gasteiger partial charge in [-0.3, -0.25) is 4.99 Å². The quantitative estimate of drug-likeness (QED) is 0.289. The number of aliphatic imine (C=N–C) groups is 1. The number of aliphatic hydroxyl groups excluding tert-OH is 1. The van der Waals surface area contributed by atoms with E-state index in [1.807, 2.05) is 31.2 Å². The van der Waals surface area contributed by atoms with Gasteiger partial charge < -0.3 is 25.2 Å². The van der Waals surface area contributed by atoms with Crippen molar-refractivity contribution in [3.05, 3.63) is 59.2 Å². The predicted octanol–water partition coefficient (Wildman–Crippen LogP) is 3.08. The van der Waals surface area contributed by atoms with Crippen LogP contribution in [0, 0.1) is 0 Å². The predicted molar refractivity (Wildman–Crippen MR) is 127 cm³/mol. The van der Waals surface area contributed by atoms with E-state index in [-0.39, 0.29) is 30.5 Å². The Morgan fingerprint density at radius 2 is 2.10 bits per heavy atom. The van der Waals surface area contributed by atoms with Crippen LogP contribution in [0.2, 0.25) is 0 Å². The Morgan fingerprint density at radius 1 is 1.24 bits per heavy atom. The van der Waals surface area contributed by atoms with Gasteiger partial charge in [0.25, 0.3) is 0 Å². The summed E-state index contributed by atoms with van der Waals surface area (Å²) in [4.78, 5) is 4.52. The Bertz CT molecular complexity index is 814. The topological polar surface area (TPSA) is 75.1 Å². The summed E-state index contributed by atoms with van der Waals surface area (Å²) >= 11 is 0. The molecule has 2 aromatic carbocycles. The van der Waals surface area contributed by atoms with Crippen LogP contribution in [0.15, 0.2) is 47.5 Å². The number of rotatable bonds is 8. The van der Waals surface area contributed by atoms with Crippen molar-refractivity contribution in [3.63, 3.8) is 0 Å². The van der Waals surface area contributed by atoms with Crippen LogP contribution in [-0.4, -0.2) is 44.4 Å². The van der Waals surface area contributed by atoms with Crippen LogP contribution in [0.5, 0.6) is 11.5 Å².